The molecule has 1 amide bonds. The van der Waals surface area contributed by atoms with Crippen LogP contribution >= 0.6 is 11.6 Å². The summed E-state index contributed by atoms with van der Waals surface area (Å²) in [5.41, 5.74) is 3.56. The van der Waals surface area contributed by atoms with Crippen molar-refractivity contribution in [2.75, 3.05) is 18.4 Å². The Labute approximate surface area is 181 Å². The molecule has 0 radical (unpaired) electrons. The lowest BCUT2D eigenvalue weighted by Gasteiger charge is -2.35. The second-order valence-electron chi connectivity index (χ2n) is 7.84. The molecule has 0 aliphatic carbocycles. The standard InChI is InChI=1S/C23H26ClN3O3/c1-2-5-17-6-3-4-7-20(17)25-22(28)29-27-14-12-23(13-15-27)16-21(26-30-23)18-8-10-19(24)11-9-18/h3-4,6-11H,2,5,12-16H2,1H3,(H,25,28). The van der Waals surface area contributed by atoms with Gasteiger partial charge in [0.15, 0.2) is 0 Å². The molecule has 1 fully saturated rings. The molecule has 2 aromatic carbocycles. The first-order valence-electron chi connectivity index (χ1n) is 10.4. The van der Waals surface area contributed by atoms with Crippen molar-refractivity contribution >= 4 is 29.1 Å². The van der Waals surface area contributed by atoms with Crippen LogP contribution < -0.4 is 5.32 Å². The third kappa shape index (κ3) is 4.77. The molecule has 2 aliphatic rings. The van der Waals surface area contributed by atoms with Gasteiger partial charge in [0, 0.05) is 43.1 Å². The molecule has 4 rings (SSSR count). The summed E-state index contributed by atoms with van der Waals surface area (Å²) in [7, 11) is 0. The Balaban J connectivity index is 1.28. The third-order valence-electron chi connectivity index (χ3n) is 5.64. The van der Waals surface area contributed by atoms with Crippen LogP contribution in [0.5, 0.6) is 0 Å². The van der Waals surface area contributed by atoms with E-state index in [4.69, 9.17) is 21.3 Å². The monoisotopic (exact) mass is 427 g/mol. The molecule has 0 unspecified atom stereocenters. The average molecular weight is 428 g/mol. The number of hydrogen-bond donors (Lipinski definition) is 1. The second-order valence-corrected chi connectivity index (χ2v) is 8.27. The molecule has 7 heteroatoms. The minimum Gasteiger partial charge on any atom is -0.388 e. The van der Waals surface area contributed by atoms with Gasteiger partial charge in [-0.3, -0.25) is 5.32 Å². The first-order chi connectivity index (χ1) is 14.6. The minimum absolute atomic E-state index is 0.320. The number of nitrogens with one attached hydrogen (secondary N) is 1. The summed E-state index contributed by atoms with van der Waals surface area (Å²) < 4.78 is 0. The zero-order valence-electron chi connectivity index (χ0n) is 17.1. The lowest BCUT2D eigenvalue weighted by Crippen LogP contribution is -2.45. The van der Waals surface area contributed by atoms with Crippen molar-refractivity contribution in [2.24, 2.45) is 5.16 Å². The molecule has 0 aromatic heterocycles. The van der Waals surface area contributed by atoms with Crippen molar-refractivity contribution in [1.29, 1.82) is 0 Å². The van der Waals surface area contributed by atoms with Crippen LogP contribution in [0.15, 0.2) is 53.7 Å². The van der Waals surface area contributed by atoms with Gasteiger partial charge in [0.2, 0.25) is 0 Å². The highest BCUT2D eigenvalue weighted by atomic mass is 35.5. The van der Waals surface area contributed by atoms with Gasteiger partial charge in [0.25, 0.3) is 0 Å². The van der Waals surface area contributed by atoms with Crippen molar-refractivity contribution in [3.05, 3.63) is 64.7 Å². The summed E-state index contributed by atoms with van der Waals surface area (Å²) in [6, 6.07) is 15.5. The van der Waals surface area contributed by atoms with Gasteiger partial charge < -0.3 is 9.68 Å². The summed E-state index contributed by atoms with van der Waals surface area (Å²) in [6.07, 6.45) is 3.71. The summed E-state index contributed by atoms with van der Waals surface area (Å²) >= 11 is 5.97. The number of carbonyl (C=O) groups excluding carboxylic acids is 1. The van der Waals surface area contributed by atoms with Gasteiger partial charge in [0.05, 0.1) is 5.71 Å². The molecular weight excluding hydrogens is 402 g/mol. The number of halogens is 1. The van der Waals surface area contributed by atoms with E-state index in [1.165, 1.54) is 0 Å². The van der Waals surface area contributed by atoms with Crippen LogP contribution in [0.1, 0.15) is 43.7 Å². The average Bonchev–Trinajstić information content (AvgIpc) is 3.16. The Morgan fingerprint density at radius 2 is 1.93 bits per heavy atom. The van der Waals surface area contributed by atoms with Crippen LogP contribution in [0, 0.1) is 0 Å². The van der Waals surface area contributed by atoms with Crippen LogP contribution in [-0.4, -0.2) is 35.6 Å². The number of aryl methyl sites for hydroxylation is 1. The minimum atomic E-state index is -0.458. The normalized spacial score (nSPS) is 18.0. The van der Waals surface area contributed by atoms with E-state index >= 15 is 0 Å². The third-order valence-corrected chi connectivity index (χ3v) is 5.89. The van der Waals surface area contributed by atoms with Crippen LogP contribution in [0.25, 0.3) is 0 Å². The number of amides is 1. The highest BCUT2D eigenvalue weighted by Gasteiger charge is 2.43. The SMILES string of the molecule is CCCc1ccccc1NC(=O)ON1CCC2(CC1)CC(c1ccc(Cl)cc1)=NO2. The van der Waals surface area contributed by atoms with E-state index in [1.807, 2.05) is 48.5 Å². The summed E-state index contributed by atoms with van der Waals surface area (Å²) in [6.45, 7) is 3.33. The Hall–Kier alpha value is -2.57. The molecule has 2 heterocycles. The van der Waals surface area contributed by atoms with Crippen LogP contribution in [0.4, 0.5) is 10.5 Å². The number of hydrogen-bond acceptors (Lipinski definition) is 5. The Morgan fingerprint density at radius 3 is 2.67 bits per heavy atom. The second kappa shape index (κ2) is 9.06. The number of rotatable bonds is 5. The van der Waals surface area contributed by atoms with Gasteiger partial charge in [-0.2, -0.15) is 0 Å². The Bertz CT molecular complexity index is 922. The molecule has 158 valence electrons. The lowest BCUT2D eigenvalue weighted by molar-refractivity contribution is -0.154. The predicted octanol–water partition coefficient (Wildman–Crippen LogP) is 5.42. The molecule has 2 aromatic rings. The number of benzene rings is 2. The number of para-hydroxylation sites is 1. The van der Waals surface area contributed by atoms with E-state index in [-0.39, 0.29) is 5.60 Å². The maximum atomic E-state index is 12.4. The topological polar surface area (TPSA) is 63.2 Å². The molecule has 0 bridgehead atoms. The smallest absolute Gasteiger partial charge is 0.388 e. The van der Waals surface area contributed by atoms with E-state index in [2.05, 4.69) is 17.4 Å². The molecule has 30 heavy (non-hydrogen) atoms. The predicted molar refractivity (Wildman–Crippen MR) is 118 cm³/mol. The highest BCUT2D eigenvalue weighted by Crippen LogP contribution is 2.36. The molecule has 1 N–H and O–H groups in total. The zero-order valence-corrected chi connectivity index (χ0v) is 17.8. The van der Waals surface area contributed by atoms with E-state index in [1.54, 1.807) is 5.06 Å². The van der Waals surface area contributed by atoms with Gasteiger partial charge in [-0.1, -0.05) is 60.4 Å². The molecule has 6 nitrogen and oxygen atoms in total. The van der Waals surface area contributed by atoms with Crippen molar-refractivity contribution < 1.29 is 14.5 Å². The summed E-state index contributed by atoms with van der Waals surface area (Å²) in [4.78, 5) is 23.7. The van der Waals surface area contributed by atoms with Gasteiger partial charge in [0.1, 0.15) is 5.60 Å². The van der Waals surface area contributed by atoms with Crippen molar-refractivity contribution in [1.82, 2.24) is 5.06 Å². The van der Waals surface area contributed by atoms with Gasteiger partial charge in [-0.25, -0.2) is 4.79 Å². The summed E-state index contributed by atoms with van der Waals surface area (Å²) in [5.74, 6) is 0. The van der Waals surface area contributed by atoms with Gasteiger partial charge >= 0.3 is 6.09 Å². The number of carbonyl (C=O) groups is 1. The number of anilines is 1. The van der Waals surface area contributed by atoms with Gasteiger partial charge in [-0.05, 0) is 35.7 Å². The molecule has 0 atom stereocenters. The highest BCUT2D eigenvalue weighted by molar-refractivity contribution is 6.30. The van der Waals surface area contributed by atoms with Crippen molar-refractivity contribution in [3.8, 4) is 0 Å². The first kappa shape index (κ1) is 20.7. The van der Waals surface area contributed by atoms with Gasteiger partial charge in [-0.15, -0.1) is 5.06 Å². The quantitative estimate of drug-likeness (QED) is 0.692. The first-order valence-corrected chi connectivity index (χ1v) is 10.8. The lowest BCUT2D eigenvalue weighted by atomic mass is 9.86. The van der Waals surface area contributed by atoms with E-state index in [9.17, 15) is 4.79 Å². The van der Waals surface area contributed by atoms with Crippen molar-refractivity contribution in [2.45, 2.75) is 44.6 Å². The van der Waals surface area contributed by atoms with Crippen molar-refractivity contribution in [3.63, 3.8) is 0 Å². The fourth-order valence-corrected chi connectivity index (χ4v) is 4.08. The van der Waals surface area contributed by atoms with E-state index in [0.717, 1.165) is 54.6 Å². The Kier molecular flexibility index (Phi) is 6.25. The fourth-order valence-electron chi connectivity index (χ4n) is 3.95. The van der Waals surface area contributed by atoms with E-state index < -0.39 is 6.09 Å². The largest absolute Gasteiger partial charge is 0.430 e. The molecule has 1 saturated heterocycles. The molecular formula is C23H26ClN3O3. The number of nitrogens with zero attached hydrogens (tertiary/aromatic N) is 2. The zero-order chi connectivity index (χ0) is 21.0. The Morgan fingerprint density at radius 1 is 1.20 bits per heavy atom. The molecule has 2 aliphatic heterocycles. The summed E-state index contributed by atoms with van der Waals surface area (Å²) in [5, 5.41) is 9.59. The van der Waals surface area contributed by atoms with Crippen LogP contribution in [0.3, 0.4) is 0 Å². The number of hydroxylamine groups is 2. The van der Waals surface area contributed by atoms with Crippen LogP contribution in [0.2, 0.25) is 5.02 Å². The van der Waals surface area contributed by atoms with E-state index in [0.29, 0.717) is 18.1 Å². The maximum Gasteiger partial charge on any atom is 0.430 e. The maximum absolute atomic E-state index is 12.4. The fraction of sp³-hybridized carbons (Fsp3) is 0.391. The van der Waals surface area contributed by atoms with Crippen LogP contribution in [-0.2, 0) is 16.1 Å². The number of oxime groups is 1. The molecule has 0 saturated carbocycles. The number of piperidine rings is 1. The molecule has 1 spiro atoms.